The van der Waals surface area contributed by atoms with Gasteiger partial charge in [-0.2, -0.15) is 0 Å². The fourth-order valence-corrected chi connectivity index (χ4v) is 3.06. The van der Waals surface area contributed by atoms with E-state index in [1.807, 2.05) is 0 Å². The summed E-state index contributed by atoms with van der Waals surface area (Å²) >= 11 is 0. The Morgan fingerprint density at radius 2 is 2.40 bits per heavy atom. The molecule has 0 bridgehead atoms. The number of benzene rings is 1. The van der Waals surface area contributed by atoms with Crippen LogP contribution in [-0.4, -0.2) is 30.3 Å². The normalized spacial score (nSPS) is 25.6. The van der Waals surface area contributed by atoms with Gasteiger partial charge in [0.25, 0.3) is 0 Å². The lowest BCUT2D eigenvalue weighted by Crippen LogP contribution is -2.53. The molecular formula is C15H20FNO3. The first-order chi connectivity index (χ1) is 9.58. The van der Waals surface area contributed by atoms with Crippen LogP contribution in [0.2, 0.25) is 0 Å². The lowest BCUT2D eigenvalue weighted by atomic mass is 9.85. The Kier molecular flexibility index (Phi) is 4.60. The van der Waals surface area contributed by atoms with Crippen molar-refractivity contribution in [3.63, 3.8) is 0 Å². The average molecular weight is 281 g/mol. The summed E-state index contributed by atoms with van der Waals surface area (Å²) in [6.07, 6.45) is 3.06. The lowest BCUT2D eigenvalue weighted by Gasteiger charge is -2.30. The molecule has 20 heavy (non-hydrogen) atoms. The van der Waals surface area contributed by atoms with Crippen molar-refractivity contribution >= 4 is 5.97 Å². The number of nitrogens with one attached hydrogen (secondary N) is 1. The number of halogens is 1. The van der Waals surface area contributed by atoms with Gasteiger partial charge in [-0.05, 0) is 44.4 Å². The van der Waals surface area contributed by atoms with Crippen molar-refractivity contribution in [3.8, 4) is 5.75 Å². The van der Waals surface area contributed by atoms with Gasteiger partial charge in [-0.1, -0.05) is 12.5 Å². The highest BCUT2D eigenvalue weighted by Crippen LogP contribution is 2.38. The Bertz CT molecular complexity index is 480. The molecular weight excluding hydrogens is 261 g/mol. The van der Waals surface area contributed by atoms with Crippen molar-refractivity contribution in [2.24, 2.45) is 5.92 Å². The van der Waals surface area contributed by atoms with Crippen LogP contribution in [-0.2, 0) is 4.79 Å². The number of hydrogen-bond donors (Lipinski definition) is 2. The maximum absolute atomic E-state index is 13.0. The molecule has 1 fully saturated rings. The number of carbonyl (C=O) groups is 1. The summed E-state index contributed by atoms with van der Waals surface area (Å²) in [5, 5.41) is 12.4. The van der Waals surface area contributed by atoms with Crippen molar-refractivity contribution in [1.82, 2.24) is 5.32 Å². The molecule has 2 rings (SSSR count). The number of aliphatic carboxylic acids is 1. The quantitative estimate of drug-likeness (QED) is 0.841. The van der Waals surface area contributed by atoms with Crippen LogP contribution in [0.5, 0.6) is 5.75 Å². The van der Waals surface area contributed by atoms with Crippen molar-refractivity contribution in [2.45, 2.75) is 31.2 Å². The zero-order chi connectivity index (χ0) is 14.6. The molecule has 0 amide bonds. The lowest BCUT2D eigenvalue weighted by molar-refractivity contribution is -0.146. The molecule has 110 valence electrons. The minimum atomic E-state index is -0.842. The summed E-state index contributed by atoms with van der Waals surface area (Å²) in [7, 11) is 1.69. The topological polar surface area (TPSA) is 58.6 Å². The maximum atomic E-state index is 13.0. The molecule has 2 unspecified atom stereocenters. The summed E-state index contributed by atoms with van der Waals surface area (Å²) in [6.45, 7) is 0.394. The van der Waals surface area contributed by atoms with E-state index in [-0.39, 0.29) is 11.7 Å². The van der Waals surface area contributed by atoms with Crippen molar-refractivity contribution < 1.29 is 19.0 Å². The van der Waals surface area contributed by atoms with Crippen LogP contribution in [0.1, 0.15) is 25.7 Å². The van der Waals surface area contributed by atoms with Crippen molar-refractivity contribution in [1.29, 1.82) is 0 Å². The van der Waals surface area contributed by atoms with Gasteiger partial charge in [0.15, 0.2) is 0 Å². The maximum Gasteiger partial charge on any atom is 0.324 e. The van der Waals surface area contributed by atoms with Crippen LogP contribution in [0.4, 0.5) is 4.39 Å². The van der Waals surface area contributed by atoms with Crippen LogP contribution in [0, 0.1) is 11.7 Å². The third kappa shape index (κ3) is 2.93. The van der Waals surface area contributed by atoms with Gasteiger partial charge in [-0.15, -0.1) is 0 Å². The number of hydrogen-bond acceptors (Lipinski definition) is 3. The zero-order valence-electron chi connectivity index (χ0n) is 11.6. The first kappa shape index (κ1) is 14.8. The molecule has 0 radical (unpaired) electrons. The van der Waals surface area contributed by atoms with Crippen LogP contribution >= 0.6 is 0 Å². The van der Waals surface area contributed by atoms with E-state index < -0.39 is 11.5 Å². The van der Waals surface area contributed by atoms with E-state index in [2.05, 4.69) is 5.32 Å². The molecule has 1 aromatic carbocycles. The monoisotopic (exact) mass is 281 g/mol. The van der Waals surface area contributed by atoms with Crippen LogP contribution in [0.15, 0.2) is 24.3 Å². The van der Waals surface area contributed by atoms with Crippen molar-refractivity contribution in [2.75, 3.05) is 13.7 Å². The second kappa shape index (κ2) is 6.22. The van der Waals surface area contributed by atoms with Crippen LogP contribution in [0.25, 0.3) is 0 Å². The molecule has 0 aliphatic heterocycles. The number of rotatable bonds is 6. The average Bonchev–Trinajstić information content (AvgIpc) is 2.83. The number of likely N-dealkylation sites (N-methyl/N-ethyl adjacent to an activating group) is 1. The Morgan fingerprint density at radius 1 is 1.60 bits per heavy atom. The standard InChI is InChI=1S/C15H20FNO3/c1-17-15(14(18)19)8-3-4-11(15)7-9-20-13-6-2-5-12(16)10-13/h2,5-6,10-11,17H,3-4,7-9H2,1H3,(H,18,19). The summed E-state index contributed by atoms with van der Waals surface area (Å²) in [5.41, 5.74) is -0.842. The first-order valence-electron chi connectivity index (χ1n) is 6.89. The summed E-state index contributed by atoms with van der Waals surface area (Å²) < 4.78 is 18.5. The first-order valence-corrected chi connectivity index (χ1v) is 6.89. The van der Waals surface area contributed by atoms with Gasteiger partial charge in [0.2, 0.25) is 0 Å². The molecule has 1 saturated carbocycles. The highest BCUT2D eigenvalue weighted by Gasteiger charge is 2.47. The smallest absolute Gasteiger partial charge is 0.324 e. The number of ether oxygens (including phenoxy) is 1. The summed E-state index contributed by atoms with van der Waals surface area (Å²) in [6, 6.07) is 5.98. The van der Waals surface area contributed by atoms with Gasteiger partial charge in [-0.3, -0.25) is 4.79 Å². The number of carboxylic acids is 1. The summed E-state index contributed by atoms with van der Waals surface area (Å²) in [5.74, 6) is -0.612. The third-order valence-electron chi connectivity index (χ3n) is 4.18. The SMILES string of the molecule is CNC1(C(=O)O)CCCC1CCOc1cccc(F)c1. The molecule has 0 spiro atoms. The van der Waals surface area contributed by atoms with Gasteiger partial charge in [-0.25, -0.2) is 4.39 Å². The highest BCUT2D eigenvalue weighted by molar-refractivity contribution is 5.79. The zero-order valence-corrected chi connectivity index (χ0v) is 11.6. The molecule has 2 N–H and O–H groups in total. The molecule has 1 aromatic rings. The predicted octanol–water partition coefficient (Wildman–Crippen LogP) is 2.44. The Hall–Kier alpha value is -1.62. The fraction of sp³-hybridized carbons (Fsp3) is 0.533. The van der Waals surface area contributed by atoms with E-state index in [1.54, 1.807) is 19.2 Å². The summed E-state index contributed by atoms with van der Waals surface area (Å²) in [4.78, 5) is 11.5. The molecule has 0 aromatic heterocycles. The second-order valence-electron chi connectivity index (χ2n) is 5.21. The molecule has 1 aliphatic rings. The molecule has 0 saturated heterocycles. The van der Waals surface area contributed by atoms with Gasteiger partial charge in [0.05, 0.1) is 6.61 Å². The second-order valence-corrected chi connectivity index (χ2v) is 5.21. The predicted molar refractivity (Wildman–Crippen MR) is 73.3 cm³/mol. The third-order valence-corrected chi connectivity index (χ3v) is 4.18. The van der Waals surface area contributed by atoms with E-state index in [0.717, 1.165) is 12.8 Å². The largest absolute Gasteiger partial charge is 0.493 e. The van der Waals surface area contributed by atoms with Crippen LogP contribution < -0.4 is 10.1 Å². The van der Waals surface area contributed by atoms with Crippen molar-refractivity contribution in [3.05, 3.63) is 30.1 Å². The Balaban J connectivity index is 1.92. The van der Waals surface area contributed by atoms with Gasteiger partial charge in [0, 0.05) is 6.07 Å². The molecule has 5 heteroatoms. The van der Waals surface area contributed by atoms with Gasteiger partial charge >= 0.3 is 5.97 Å². The molecule has 2 atom stereocenters. The Labute approximate surface area is 117 Å². The van der Waals surface area contributed by atoms with E-state index >= 15 is 0 Å². The molecule has 4 nitrogen and oxygen atoms in total. The minimum absolute atomic E-state index is 0.0403. The van der Waals surface area contributed by atoms with E-state index in [4.69, 9.17) is 4.74 Å². The van der Waals surface area contributed by atoms with E-state index in [0.29, 0.717) is 25.2 Å². The van der Waals surface area contributed by atoms with E-state index in [9.17, 15) is 14.3 Å². The van der Waals surface area contributed by atoms with Gasteiger partial charge < -0.3 is 15.2 Å². The highest BCUT2D eigenvalue weighted by atomic mass is 19.1. The number of carboxylic acid groups (broad SMARTS) is 1. The molecule has 0 heterocycles. The molecule has 1 aliphatic carbocycles. The van der Waals surface area contributed by atoms with Crippen LogP contribution in [0.3, 0.4) is 0 Å². The fourth-order valence-electron chi connectivity index (χ4n) is 3.06. The van der Waals surface area contributed by atoms with E-state index in [1.165, 1.54) is 12.1 Å². The van der Waals surface area contributed by atoms with Gasteiger partial charge in [0.1, 0.15) is 17.1 Å². The minimum Gasteiger partial charge on any atom is -0.493 e. The Morgan fingerprint density at radius 3 is 3.05 bits per heavy atom.